The summed E-state index contributed by atoms with van der Waals surface area (Å²) in [5.41, 5.74) is 6.55. The maximum absolute atomic E-state index is 12.0. The highest BCUT2D eigenvalue weighted by Gasteiger charge is 2.30. The molecule has 1 aliphatic rings. The van der Waals surface area contributed by atoms with Crippen molar-refractivity contribution in [2.75, 3.05) is 0 Å². The summed E-state index contributed by atoms with van der Waals surface area (Å²) in [5, 5.41) is 15.8. The minimum absolute atomic E-state index is 0.0646. The van der Waals surface area contributed by atoms with Crippen LogP contribution in [-0.2, 0) is 11.8 Å². The van der Waals surface area contributed by atoms with Crippen LogP contribution in [0.2, 0.25) is 0 Å². The lowest BCUT2D eigenvalue weighted by Gasteiger charge is -2.18. The second-order valence-electron chi connectivity index (χ2n) is 4.71. The largest absolute Gasteiger partial charge is 0.350 e. The van der Waals surface area contributed by atoms with Crippen molar-refractivity contribution < 1.29 is 4.79 Å². The Bertz CT molecular complexity index is 475. The Kier molecular flexibility index (Phi) is 3.63. The zero-order valence-corrected chi connectivity index (χ0v) is 10.3. The third-order valence-electron chi connectivity index (χ3n) is 3.38. The van der Waals surface area contributed by atoms with Gasteiger partial charge in [-0.3, -0.25) is 9.48 Å². The van der Waals surface area contributed by atoms with Gasteiger partial charge in [-0.25, -0.2) is 0 Å². The Morgan fingerprint density at radius 3 is 3.11 bits per heavy atom. The van der Waals surface area contributed by atoms with Gasteiger partial charge < -0.3 is 11.1 Å². The van der Waals surface area contributed by atoms with Crippen LogP contribution in [0.25, 0.3) is 0 Å². The molecule has 96 valence electrons. The molecule has 3 N–H and O–H groups in total. The van der Waals surface area contributed by atoms with E-state index in [1.54, 1.807) is 24.1 Å². The first-order chi connectivity index (χ1) is 8.61. The number of nitrogens with one attached hydrogen (secondary N) is 1. The molecular formula is C12H17N5O. The quantitative estimate of drug-likeness (QED) is 0.799. The first-order valence-electron chi connectivity index (χ1n) is 6.06. The average Bonchev–Trinajstić information content (AvgIpc) is 2.96. The zero-order valence-electron chi connectivity index (χ0n) is 10.3. The van der Waals surface area contributed by atoms with Crippen LogP contribution < -0.4 is 11.1 Å². The van der Waals surface area contributed by atoms with E-state index in [-0.39, 0.29) is 17.9 Å². The summed E-state index contributed by atoms with van der Waals surface area (Å²) in [6, 6.07) is 1.44. The normalized spacial score (nSPS) is 24.5. The fourth-order valence-electron chi connectivity index (χ4n) is 2.31. The van der Waals surface area contributed by atoms with Crippen LogP contribution in [0.3, 0.4) is 0 Å². The molecule has 0 aromatic carbocycles. The molecule has 1 fully saturated rings. The van der Waals surface area contributed by atoms with E-state index >= 15 is 0 Å². The number of amides is 1. The third-order valence-corrected chi connectivity index (χ3v) is 3.38. The lowest BCUT2D eigenvalue weighted by Crippen LogP contribution is -2.42. The molecule has 0 aliphatic heterocycles. The Morgan fingerprint density at radius 1 is 1.72 bits per heavy atom. The molecule has 0 bridgehead atoms. The number of nitrogens with two attached hydrogens (primary N) is 1. The molecule has 1 aliphatic carbocycles. The number of nitriles is 1. The van der Waals surface area contributed by atoms with Crippen molar-refractivity contribution in [3.05, 3.63) is 18.0 Å². The van der Waals surface area contributed by atoms with Crippen LogP contribution >= 0.6 is 0 Å². The lowest BCUT2D eigenvalue weighted by molar-refractivity contribution is -0.123. The van der Waals surface area contributed by atoms with Gasteiger partial charge in [0.15, 0.2) is 0 Å². The first-order valence-corrected chi connectivity index (χ1v) is 6.06. The van der Waals surface area contributed by atoms with E-state index in [2.05, 4.69) is 16.5 Å². The maximum atomic E-state index is 12.0. The van der Waals surface area contributed by atoms with E-state index in [0.29, 0.717) is 5.56 Å². The van der Waals surface area contributed by atoms with E-state index in [9.17, 15) is 4.79 Å². The molecule has 2 rings (SSSR count). The molecule has 18 heavy (non-hydrogen) atoms. The molecule has 1 saturated carbocycles. The van der Waals surface area contributed by atoms with Gasteiger partial charge in [0.25, 0.3) is 0 Å². The Hall–Kier alpha value is -1.87. The maximum Gasteiger partial charge on any atom is 0.241 e. The van der Waals surface area contributed by atoms with Crippen molar-refractivity contribution in [1.82, 2.24) is 15.1 Å². The molecule has 3 atom stereocenters. The summed E-state index contributed by atoms with van der Waals surface area (Å²) in [4.78, 5) is 12.0. The number of hydrogen-bond donors (Lipinski definition) is 2. The van der Waals surface area contributed by atoms with Crippen molar-refractivity contribution in [1.29, 1.82) is 5.26 Å². The predicted molar refractivity (Wildman–Crippen MR) is 65.0 cm³/mol. The van der Waals surface area contributed by atoms with Gasteiger partial charge in [0.1, 0.15) is 6.04 Å². The molecule has 0 spiro atoms. The van der Waals surface area contributed by atoms with Crippen molar-refractivity contribution in [3.8, 4) is 6.07 Å². The summed E-state index contributed by atoms with van der Waals surface area (Å²) in [7, 11) is 1.77. The minimum atomic E-state index is -0.723. The predicted octanol–water partition coefficient (Wildman–Crippen LogP) is 0.228. The fraction of sp³-hybridized carbons (Fsp3) is 0.583. The first kappa shape index (κ1) is 12.6. The van der Waals surface area contributed by atoms with Crippen LogP contribution in [0.4, 0.5) is 0 Å². The number of nitrogens with zero attached hydrogens (tertiary/aromatic N) is 3. The SMILES string of the molecule is Cn1cc(C(N)C(=O)NC2CCCC2C#N)cn1. The lowest BCUT2D eigenvalue weighted by atomic mass is 10.0. The van der Waals surface area contributed by atoms with E-state index < -0.39 is 6.04 Å². The van der Waals surface area contributed by atoms with Crippen LogP contribution in [0.1, 0.15) is 30.9 Å². The number of aryl methyl sites for hydroxylation is 1. The number of rotatable bonds is 3. The van der Waals surface area contributed by atoms with Crippen molar-refractivity contribution >= 4 is 5.91 Å². The monoisotopic (exact) mass is 247 g/mol. The van der Waals surface area contributed by atoms with Gasteiger partial charge in [0.05, 0.1) is 18.2 Å². The van der Waals surface area contributed by atoms with Crippen molar-refractivity contribution in [3.63, 3.8) is 0 Å². The molecule has 1 aromatic rings. The summed E-state index contributed by atoms with van der Waals surface area (Å²) < 4.78 is 1.61. The van der Waals surface area contributed by atoms with Gasteiger partial charge in [-0.05, 0) is 19.3 Å². The number of carbonyl (C=O) groups is 1. The third kappa shape index (κ3) is 2.51. The molecule has 0 radical (unpaired) electrons. The topological polar surface area (TPSA) is 96.7 Å². The zero-order chi connectivity index (χ0) is 13.1. The Balaban J connectivity index is 1.98. The van der Waals surface area contributed by atoms with Crippen LogP contribution in [-0.4, -0.2) is 21.7 Å². The summed E-state index contributed by atoms with van der Waals surface area (Å²) in [6.07, 6.45) is 5.99. The highest BCUT2D eigenvalue weighted by molar-refractivity contribution is 5.83. The van der Waals surface area contributed by atoms with E-state index in [1.165, 1.54) is 0 Å². The molecule has 0 saturated heterocycles. The summed E-state index contributed by atoms with van der Waals surface area (Å²) in [5.74, 6) is -0.329. The molecule has 1 heterocycles. The Morgan fingerprint density at radius 2 is 2.50 bits per heavy atom. The van der Waals surface area contributed by atoms with Gasteiger partial charge >= 0.3 is 0 Å². The number of aromatic nitrogens is 2. The second-order valence-corrected chi connectivity index (χ2v) is 4.71. The summed E-state index contributed by atoms with van der Waals surface area (Å²) in [6.45, 7) is 0. The van der Waals surface area contributed by atoms with Crippen LogP contribution in [0.15, 0.2) is 12.4 Å². The van der Waals surface area contributed by atoms with Gasteiger partial charge in [0, 0.05) is 24.8 Å². The van der Waals surface area contributed by atoms with Gasteiger partial charge in [-0.1, -0.05) is 0 Å². The van der Waals surface area contributed by atoms with E-state index in [0.717, 1.165) is 19.3 Å². The number of carbonyl (C=O) groups excluding carboxylic acids is 1. The molecule has 1 amide bonds. The van der Waals surface area contributed by atoms with Gasteiger partial charge in [0.2, 0.25) is 5.91 Å². The van der Waals surface area contributed by atoms with Gasteiger partial charge in [-0.2, -0.15) is 10.4 Å². The summed E-state index contributed by atoms with van der Waals surface area (Å²) >= 11 is 0. The molecule has 6 nitrogen and oxygen atoms in total. The minimum Gasteiger partial charge on any atom is -0.350 e. The number of hydrogen-bond acceptors (Lipinski definition) is 4. The van der Waals surface area contributed by atoms with E-state index in [4.69, 9.17) is 11.0 Å². The molecular weight excluding hydrogens is 230 g/mol. The molecule has 6 heteroatoms. The fourth-order valence-corrected chi connectivity index (χ4v) is 2.31. The van der Waals surface area contributed by atoms with Gasteiger partial charge in [-0.15, -0.1) is 0 Å². The smallest absolute Gasteiger partial charge is 0.241 e. The average molecular weight is 247 g/mol. The van der Waals surface area contributed by atoms with Crippen molar-refractivity contribution in [2.45, 2.75) is 31.3 Å². The highest BCUT2D eigenvalue weighted by Crippen LogP contribution is 2.25. The van der Waals surface area contributed by atoms with Crippen LogP contribution in [0, 0.1) is 17.2 Å². The van der Waals surface area contributed by atoms with Crippen LogP contribution in [0.5, 0.6) is 0 Å². The molecule has 1 aromatic heterocycles. The second kappa shape index (κ2) is 5.19. The standard InChI is InChI=1S/C12H17N5O/c1-17-7-9(6-15-17)11(14)12(18)16-10-4-2-3-8(10)5-13/h6-8,10-11H,2-4,14H2,1H3,(H,16,18). The van der Waals surface area contributed by atoms with Crippen molar-refractivity contribution in [2.24, 2.45) is 18.7 Å². The van der Waals surface area contributed by atoms with E-state index in [1.807, 2.05) is 0 Å². The Labute approximate surface area is 106 Å². The molecule has 3 unspecified atom stereocenters. The highest BCUT2D eigenvalue weighted by atomic mass is 16.2.